The maximum absolute atomic E-state index is 13.9. The number of benzene rings is 2. The Morgan fingerprint density at radius 3 is 2.53 bits per heavy atom. The molecule has 2 aromatic heterocycles. The second kappa shape index (κ2) is 7.37. The Morgan fingerprint density at radius 2 is 1.77 bits per heavy atom. The van der Waals surface area contributed by atoms with Gasteiger partial charge in [0.25, 0.3) is 0 Å². The first-order chi connectivity index (χ1) is 14.5. The number of fused-ring (bicyclic) bond motifs is 1. The normalized spacial score (nSPS) is 14.6. The first-order valence-corrected chi connectivity index (χ1v) is 9.87. The molecule has 0 radical (unpaired) electrons. The van der Waals surface area contributed by atoms with Gasteiger partial charge in [0.2, 0.25) is 5.95 Å². The topological polar surface area (TPSA) is 78.5 Å². The molecule has 2 aromatic carbocycles. The van der Waals surface area contributed by atoms with Gasteiger partial charge in [-0.2, -0.15) is 10.1 Å². The maximum atomic E-state index is 13.9. The summed E-state index contributed by atoms with van der Waals surface area (Å²) in [5.74, 6) is 1.36. The molecule has 2 heterocycles. The third-order valence-corrected chi connectivity index (χ3v) is 5.23. The summed E-state index contributed by atoms with van der Waals surface area (Å²) in [6.45, 7) is 1.94. The highest BCUT2D eigenvalue weighted by Crippen LogP contribution is 2.40. The fourth-order valence-electron chi connectivity index (χ4n) is 3.41. The number of anilines is 3. The van der Waals surface area contributed by atoms with Crippen LogP contribution in [0, 0.1) is 11.6 Å². The fraction of sp³-hybridized carbons (Fsp3) is 0.227. The minimum absolute atomic E-state index is 0.150. The largest absolute Gasteiger partial charge is 0.348 e. The second-order valence-electron chi connectivity index (χ2n) is 7.58. The molecule has 0 spiro atoms. The molecular formula is C22H20F2N6. The fourth-order valence-corrected chi connectivity index (χ4v) is 3.41. The van der Waals surface area contributed by atoms with Gasteiger partial charge >= 0.3 is 0 Å². The number of hydrogen-bond acceptors (Lipinski definition) is 5. The van der Waals surface area contributed by atoms with Crippen molar-refractivity contribution in [1.29, 1.82) is 0 Å². The molecule has 1 aliphatic rings. The number of nitrogens with zero attached hydrogens (tertiary/aromatic N) is 3. The Bertz CT molecular complexity index is 1200. The molecule has 1 fully saturated rings. The lowest BCUT2D eigenvalue weighted by Gasteiger charge is -2.16. The van der Waals surface area contributed by atoms with Crippen LogP contribution in [0.2, 0.25) is 0 Å². The minimum Gasteiger partial charge on any atom is -0.348 e. The van der Waals surface area contributed by atoms with Crippen molar-refractivity contribution in [2.24, 2.45) is 0 Å². The number of nitrogens with one attached hydrogen (secondary N) is 3. The first kappa shape index (κ1) is 18.5. The molecule has 152 valence electrons. The third-order valence-electron chi connectivity index (χ3n) is 5.23. The average Bonchev–Trinajstić information content (AvgIpc) is 3.48. The van der Waals surface area contributed by atoms with Gasteiger partial charge in [-0.25, -0.2) is 13.8 Å². The number of rotatable bonds is 6. The van der Waals surface area contributed by atoms with Crippen molar-refractivity contribution in [2.45, 2.75) is 31.7 Å². The molecule has 30 heavy (non-hydrogen) atoms. The molecule has 0 bridgehead atoms. The SMILES string of the molecule is C[C@H](Nc1nc(Nc2cc(C3CC3)[nH]n2)c2cc(F)ccc2n1)c1ccc(F)cc1. The van der Waals surface area contributed by atoms with Crippen molar-refractivity contribution in [3.05, 3.63) is 71.4 Å². The van der Waals surface area contributed by atoms with Gasteiger partial charge in [0.1, 0.15) is 17.5 Å². The van der Waals surface area contributed by atoms with Gasteiger partial charge in [0.05, 0.1) is 11.6 Å². The summed E-state index contributed by atoms with van der Waals surface area (Å²) in [6.07, 6.45) is 2.33. The molecule has 4 aromatic rings. The summed E-state index contributed by atoms with van der Waals surface area (Å²) in [5, 5.41) is 14.3. The van der Waals surface area contributed by atoms with Crippen LogP contribution >= 0.6 is 0 Å². The van der Waals surface area contributed by atoms with Gasteiger partial charge in [-0.1, -0.05) is 12.1 Å². The second-order valence-corrected chi connectivity index (χ2v) is 7.58. The van der Waals surface area contributed by atoms with Crippen molar-refractivity contribution in [2.75, 3.05) is 10.6 Å². The van der Waals surface area contributed by atoms with E-state index in [-0.39, 0.29) is 17.7 Å². The van der Waals surface area contributed by atoms with Crippen molar-refractivity contribution < 1.29 is 8.78 Å². The smallest absolute Gasteiger partial charge is 0.225 e. The van der Waals surface area contributed by atoms with Gasteiger partial charge in [-0.05, 0) is 55.7 Å². The molecule has 0 aliphatic heterocycles. The van der Waals surface area contributed by atoms with E-state index < -0.39 is 0 Å². The minimum atomic E-state index is -0.366. The van der Waals surface area contributed by atoms with Crippen LogP contribution in [0.15, 0.2) is 48.5 Å². The van der Waals surface area contributed by atoms with E-state index in [1.807, 2.05) is 13.0 Å². The molecule has 1 saturated carbocycles. The quantitative estimate of drug-likeness (QED) is 0.398. The van der Waals surface area contributed by atoms with E-state index in [2.05, 4.69) is 30.8 Å². The Morgan fingerprint density at radius 1 is 1.00 bits per heavy atom. The van der Waals surface area contributed by atoms with Gasteiger partial charge in [0.15, 0.2) is 5.82 Å². The van der Waals surface area contributed by atoms with Crippen molar-refractivity contribution in [3.63, 3.8) is 0 Å². The Hall–Kier alpha value is -3.55. The molecule has 1 atom stereocenters. The van der Waals surface area contributed by atoms with Gasteiger partial charge in [-0.3, -0.25) is 5.10 Å². The van der Waals surface area contributed by atoms with Gasteiger partial charge < -0.3 is 10.6 Å². The molecule has 5 rings (SSSR count). The summed E-state index contributed by atoms with van der Waals surface area (Å²) in [6, 6.07) is 12.5. The van der Waals surface area contributed by atoms with E-state index in [1.165, 1.54) is 37.1 Å². The van der Waals surface area contributed by atoms with Crippen LogP contribution < -0.4 is 10.6 Å². The molecule has 0 saturated heterocycles. The van der Waals surface area contributed by atoms with Crippen molar-refractivity contribution in [1.82, 2.24) is 20.2 Å². The lowest BCUT2D eigenvalue weighted by Crippen LogP contribution is -2.11. The van der Waals surface area contributed by atoms with E-state index in [0.29, 0.717) is 34.4 Å². The maximum Gasteiger partial charge on any atom is 0.225 e. The average molecular weight is 406 g/mol. The molecule has 0 unspecified atom stereocenters. The lowest BCUT2D eigenvalue weighted by atomic mass is 10.1. The highest BCUT2D eigenvalue weighted by molar-refractivity contribution is 5.91. The zero-order valence-corrected chi connectivity index (χ0v) is 16.3. The zero-order chi connectivity index (χ0) is 20.7. The van der Waals surface area contributed by atoms with Crippen LogP contribution in [-0.2, 0) is 0 Å². The number of H-pyrrole nitrogens is 1. The van der Waals surface area contributed by atoms with Crippen LogP contribution in [0.3, 0.4) is 0 Å². The molecule has 1 aliphatic carbocycles. The molecule has 6 nitrogen and oxygen atoms in total. The van der Waals surface area contributed by atoms with Crippen LogP contribution in [0.4, 0.5) is 26.4 Å². The number of aromatic nitrogens is 4. The summed E-state index contributed by atoms with van der Waals surface area (Å²) in [7, 11) is 0. The molecular weight excluding hydrogens is 386 g/mol. The summed E-state index contributed by atoms with van der Waals surface area (Å²) >= 11 is 0. The first-order valence-electron chi connectivity index (χ1n) is 9.87. The summed E-state index contributed by atoms with van der Waals surface area (Å²) in [4.78, 5) is 9.08. The van der Waals surface area contributed by atoms with Crippen LogP contribution in [-0.4, -0.2) is 20.2 Å². The van der Waals surface area contributed by atoms with Crippen LogP contribution in [0.5, 0.6) is 0 Å². The Labute approximate surface area is 171 Å². The monoisotopic (exact) mass is 406 g/mol. The predicted octanol–water partition coefficient (Wildman–Crippen LogP) is 5.43. The highest BCUT2D eigenvalue weighted by atomic mass is 19.1. The number of aromatic amines is 1. The molecule has 8 heteroatoms. The number of halogens is 2. The van der Waals surface area contributed by atoms with E-state index in [9.17, 15) is 8.78 Å². The highest BCUT2D eigenvalue weighted by Gasteiger charge is 2.25. The van der Waals surface area contributed by atoms with E-state index in [4.69, 9.17) is 0 Å². The molecule has 0 amide bonds. The lowest BCUT2D eigenvalue weighted by molar-refractivity contribution is 0.626. The Kier molecular flexibility index (Phi) is 4.54. The van der Waals surface area contributed by atoms with E-state index in [0.717, 1.165) is 11.3 Å². The predicted molar refractivity (Wildman–Crippen MR) is 112 cm³/mol. The summed E-state index contributed by atoms with van der Waals surface area (Å²) in [5.41, 5.74) is 2.58. The Balaban J connectivity index is 1.47. The van der Waals surface area contributed by atoms with Crippen LogP contribution in [0.25, 0.3) is 10.9 Å². The van der Waals surface area contributed by atoms with E-state index in [1.54, 1.807) is 18.2 Å². The third kappa shape index (κ3) is 3.80. The zero-order valence-electron chi connectivity index (χ0n) is 16.3. The van der Waals surface area contributed by atoms with Gasteiger partial charge in [-0.15, -0.1) is 0 Å². The molecule has 3 N–H and O–H groups in total. The standard InChI is InChI=1S/C22H20F2N6/c1-12(13-4-6-15(23)7-5-13)25-22-26-18-9-8-16(24)10-17(18)21(28-22)27-20-11-19(29-30-20)14-2-3-14/h4-12,14H,2-3H2,1H3,(H3,25,26,27,28,29,30)/t12-/m0/s1. The van der Waals surface area contributed by atoms with Crippen molar-refractivity contribution in [3.8, 4) is 0 Å². The van der Waals surface area contributed by atoms with Crippen molar-refractivity contribution >= 4 is 28.5 Å². The van der Waals surface area contributed by atoms with Gasteiger partial charge in [0, 0.05) is 23.1 Å². The van der Waals surface area contributed by atoms with E-state index >= 15 is 0 Å². The number of hydrogen-bond donors (Lipinski definition) is 3. The van der Waals surface area contributed by atoms with Crippen LogP contribution in [0.1, 0.15) is 43.0 Å². The summed E-state index contributed by atoms with van der Waals surface area (Å²) < 4.78 is 27.1.